The molecule has 0 saturated carbocycles. The minimum Gasteiger partial charge on any atom is -0.345 e. The third-order valence-corrected chi connectivity index (χ3v) is 2.92. The second kappa shape index (κ2) is 3.65. The zero-order chi connectivity index (χ0) is 11.0. The minimum absolute atomic E-state index is 0.727. The SMILES string of the molecule is Clc1ccnc2[nH]cc(-c3ccccc3)c12. The first-order chi connectivity index (χ1) is 7.86. The molecule has 78 valence electrons. The van der Waals surface area contributed by atoms with Crippen molar-refractivity contribution in [1.29, 1.82) is 0 Å². The number of benzene rings is 1. The molecule has 1 N–H and O–H groups in total. The maximum Gasteiger partial charge on any atom is 0.139 e. The second-order valence-corrected chi connectivity index (χ2v) is 3.99. The summed E-state index contributed by atoms with van der Waals surface area (Å²) >= 11 is 6.19. The third-order valence-electron chi connectivity index (χ3n) is 2.61. The van der Waals surface area contributed by atoms with E-state index in [1.807, 2.05) is 30.5 Å². The van der Waals surface area contributed by atoms with E-state index in [4.69, 9.17) is 11.6 Å². The van der Waals surface area contributed by atoms with E-state index in [0.29, 0.717) is 0 Å². The second-order valence-electron chi connectivity index (χ2n) is 3.58. The molecule has 3 aromatic rings. The van der Waals surface area contributed by atoms with Gasteiger partial charge < -0.3 is 4.98 Å². The minimum atomic E-state index is 0.727. The largest absolute Gasteiger partial charge is 0.345 e. The Morgan fingerprint density at radius 1 is 1.06 bits per heavy atom. The van der Waals surface area contributed by atoms with Gasteiger partial charge in [0.2, 0.25) is 0 Å². The molecule has 0 saturated heterocycles. The highest BCUT2D eigenvalue weighted by Gasteiger charge is 2.09. The maximum atomic E-state index is 6.19. The highest BCUT2D eigenvalue weighted by molar-refractivity contribution is 6.36. The molecule has 0 aliphatic carbocycles. The smallest absolute Gasteiger partial charge is 0.139 e. The van der Waals surface area contributed by atoms with Crippen LogP contribution in [0.5, 0.6) is 0 Å². The fraction of sp³-hybridized carbons (Fsp3) is 0. The Morgan fingerprint density at radius 2 is 1.88 bits per heavy atom. The number of halogens is 1. The molecule has 0 aliphatic rings. The first kappa shape index (κ1) is 9.43. The zero-order valence-electron chi connectivity index (χ0n) is 8.44. The van der Waals surface area contributed by atoms with E-state index in [0.717, 1.165) is 27.2 Å². The molecule has 0 fully saturated rings. The summed E-state index contributed by atoms with van der Waals surface area (Å²) in [5, 5.41) is 1.71. The molecule has 0 amide bonds. The normalized spacial score (nSPS) is 10.8. The van der Waals surface area contributed by atoms with Gasteiger partial charge in [-0.05, 0) is 11.6 Å². The van der Waals surface area contributed by atoms with Gasteiger partial charge in [-0.2, -0.15) is 0 Å². The molecule has 3 heteroatoms. The van der Waals surface area contributed by atoms with Crippen LogP contribution in [-0.2, 0) is 0 Å². The van der Waals surface area contributed by atoms with Gasteiger partial charge in [0.05, 0.1) is 5.02 Å². The van der Waals surface area contributed by atoms with Crippen LogP contribution in [0.1, 0.15) is 0 Å². The number of aromatic amines is 1. The predicted octanol–water partition coefficient (Wildman–Crippen LogP) is 3.88. The average molecular weight is 229 g/mol. The number of nitrogens with zero attached hydrogens (tertiary/aromatic N) is 1. The molecule has 2 nitrogen and oxygen atoms in total. The number of aromatic nitrogens is 2. The number of hydrogen-bond acceptors (Lipinski definition) is 1. The molecule has 0 radical (unpaired) electrons. The quantitative estimate of drug-likeness (QED) is 0.673. The van der Waals surface area contributed by atoms with Gasteiger partial charge in [-0.25, -0.2) is 4.98 Å². The predicted molar refractivity (Wildman–Crippen MR) is 66.5 cm³/mol. The number of rotatable bonds is 1. The van der Waals surface area contributed by atoms with Crippen LogP contribution in [0.3, 0.4) is 0 Å². The van der Waals surface area contributed by atoms with E-state index < -0.39 is 0 Å². The Hall–Kier alpha value is -1.80. The van der Waals surface area contributed by atoms with Crippen molar-refractivity contribution in [2.75, 3.05) is 0 Å². The van der Waals surface area contributed by atoms with E-state index in [-0.39, 0.29) is 0 Å². The Kier molecular flexibility index (Phi) is 2.15. The van der Waals surface area contributed by atoms with Crippen molar-refractivity contribution in [3.05, 3.63) is 53.8 Å². The topological polar surface area (TPSA) is 28.7 Å². The van der Waals surface area contributed by atoms with Crippen LogP contribution in [0.4, 0.5) is 0 Å². The van der Waals surface area contributed by atoms with Crippen LogP contribution in [0, 0.1) is 0 Å². The molecule has 3 rings (SSSR count). The first-order valence-electron chi connectivity index (χ1n) is 5.03. The highest BCUT2D eigenvalue weighted by Crippen LogP contribution is 2.32. The standard InChI is InChI=1S/C13H9ClN2/c14-11-6-7-15-13-12(11)10(8-16-13)9-4-2-1-3-5-9/h1-8H,(H,15,16). The molecule has 0 atom stereocenters. The van der Waals surface area contributed by atoms with Gasteiger partial charge >= 0.3 is 0 Å². The Balaban J connectivity index is 2.33. The van der Waals surface area contributed by atoms with Gasteiger partial charge in [0.1, 0.15) is 5.65 Å². The Bertz CT molecular complexity index is 629. The van der Waals surface area contributed by atoms with Crippen molar-refractivity contribution in [2.45, 2.75) is 0 Å². The summed E-state index contributed by atoms with van der Waals surface area (Å²) in [6, 6.07) is 12.0. The van der Waals surface area contributed by atoms with E-state index in [1.54, 1.807) is 6.20 Å². The van der Waals surface area contributed by atoms with E-state index in [2.05, 4.69) is 22.1 Å². The van der Waals surface area contributed by atoms with Crippen LogP contribution in [0.25, 0.3) is 22.2 Å². The summed E-state index contributed by atoms with van der Waals surface area (Å²) in [6.45, 7) is 0. The van der Waals surface area contributed by atoms with Crippen molar-refractivity contribution in [2.24, 2.45) is 0 Å². The summed E-state index contributed by atoms with van der Waals surface area (Å²) in [4.78, 5) is 7.38. The van der Waals surface area contributed by atoms with Gasteiger partial charge in [0, 0.05) is 23.3 Å². The van der Waals surface area contributed by atoms with Crippen LogP contribution in [0.2, 0.25) is 5.02 Å². The first-order valence-corrected chi connectivity index (χ1v) is 5.41. The van der Waals surface area contributed by atoms with Crippen molar-refractivity contribution in [3.8, 4) is 11.1 Å². The lowest BCUT2D eigenvalue weighted by Gasteiger charge is -1.99. The molecule has 0 aliphatic heterocycles. The summed E-state index contributed by atoms with van der Waals surface area (Å²) in [5.74, 6) is 0. The third kappa shape index (κ3) is 1.39. The van der Waals surface area contributed by atoms with Gasteiger partial charge in [-0.15, -0.1) is 0 Å². The molecule has 2 heterocycles. The van der Waals surface area contributed by atoms with E-state index >= 15 is 0 Å². The summed E-state index contributed by atoms with van der Waals surface area (Å²) in [6.07, 6.45) is 3.65. The van der Waals surface area contributed by atoms with Crippen molar-refractivity contribution in [1.82, 2.24) is 9.97 Å². The Morgan fingerprint density at radius 3 is 2.69 bits per heavy atom. The zero-order valence-corrected chi connectivity index (χ0v) is 9.20. The van der Waals surface area contributed by atoms with Crippen LogP contribution in [-0.4, -0.2) is 9.97 Å². The molecule has 2 aromatic heterocycles. The van der Waals surface area contributed by atoms with Gasteiger partial charge in [0.25, 0.3) is 0 Å². The number of nitrogens with one attached hydrogen (secondary N) is 1. The molecular formula is C13H9ClN2. The van der Waals surface area contributed by atoms with Crippen LogP contribution < -0.4 is 0 Å². The molecule has 16 heavy (non-hydrogen) atoms. The number of fused-ring (bicyclic) bond motifs is 1. The van der Waals surface area contributed by atoms with Gasteiger partial charge in [-0.1, -0.05) is 41.9 Å². The molecular weight excluding hydrogens is 220 g/mol. The van der Waals surface area contributed by atoms with Gasteiger partial charge in [-0.3, -0.25) is 0 Å². The number of pyridine rings is 1. The average Bonchev–Trinajstić information content (AvgIpc) is 2.75. The lowest BCUT2D eigenvalue weighted by Crippen LogP contribution is -1.77. The van der Waals surface area contributed by atoms with Crippen molar-refractivity contribution >= 4 is 22.6 Å². The maximum absolute atomic E-state index is 6.19. The molecule has 0 unspecified atom stereocenters. The Labute approximate surface area is 97.9 Å². The van der Waals surface area contributed by atoms with Crippen LogP contribution >= 0.6 is 11.6 Å². The molecule has 0 bridgehead atoms. The van der Waals surface area contributed by atoms with E-state index in [1.165, 1.54) is 0 Å². The summed E-state index contributed by atoms with van der Waals surface area (Å²) < 4.78 is 0. The lowest BCUT2D eigenvalue weighted by atomic mass is 10.1. The summed E-state index contributed by atoms with van der Waals surface area (Å²) in [7, 11) is 0. The van der Waals surface area contributed by atoms with Crippen molar-refractivity contribution in [3.63, 3.8) is 0 Å². The van der Waals surface area contributed by atoms with Gasteiger partial charge in [0.15, 0.2) is 0 Å². The monoisotopic (exact) mass is 228 g/mol. The molecule has 0 spiro atoms. The van der Waals surface area contributed by atoms with Crippen molar-refractivity contribution < 1.29 is 0 Å². The number of hydrogen-bond donors (Lipinski definition) is 1. The highest BCUT2D eigenvalue weighted by atomic mass is 35.5. The fourth-order valence-corrected chi connectivity index (χ4v) is 2.11. The fourth-order valence-electron chi connectivity index (χ4n) is 1.86. The lowest BCUT2D eigenvalue weighted by molar-refractivity contribution is 1.33. The summed E-state index contributed by atoms with van der Waals surface area (Å²) in [5.41, 5.74) is 3.06. The van der Waals surface area contributed by atoms with Crippen LogP contribution in [0.15, 0.2) is 48.8 Å². The molecule has 1 aromatic carbocycles. The van der Waals surface area contributed by atoms with E-state index in [9.17, 15) is 0 Å². The number of H-pyrrole nitrogens is 1.